The second-order valence-electron chi connectivity index (χ2n) is 6.99. The van der Waals surface area contributed by atoms with Crippen molar-refractivity contribution in [3.05, 3.63) is 22.8 Å². The van der Waals surface area contributed by atoms with E-state index in [1.807, 2.05) is 0 Å². The summed E-state index contributed by atoms with van der Waals surface area (Å²) in [6.07, 6.45) is 8.94. The van der Waals surface area contributed by atoms with Crippen LogP contribution in [-0.2, 0) is 16.5 Å². The van der Waals surface area contributed by atoms with Gasteiger partial charge in [-0.15, -0.1) is 32.3 Å². The molecule has 6 nitrogen and oxygen atoms in total. The maximum Gasteiger partial charge on any atom is 2.00 e. The number of aliphatic hydroxyl groups excluding tert-OH is 4. The van der Waals surface area contributed by atoms with Crippen molar-refractivity contribution >= 4 is 0 Å². The Morgan fingerprint density at radius 2 is 1.11 bits per heavy atom. The fourth-order valence-electron chi connectivity index (χ4n) is 2.25. The van der Waals surface area contributed by atoms with E-state index in [1.165, 1.54) is 19.3 Å². The topological polar surface area (TPSA) is 109 Å². The Bertz CT molecular complexity index is 252. The van der Waals surface area contributed by atoms with E-state index in [-0.39, 0.29) is 40.9 Å². The van der Waals surface area contributed by atoms with Crippen molar-refractivity contribution in [3.8, 4) is 0 Å². The predicted molar refractivity (Wildman–Crippen MR) is 110 cm³/mol. The summed E-state index contributed by atoms with van der Waals surface area (Å²) in [6.45, 7) is 10.9. The SMILES string of the molecule is C1=CC[N-]CC1.C1CC[N-]CC1.CC(O)CC(C)O.CC(O)CC(C)O.[Ni+2]. The quantitative estimate of drug-likeness (QED) is 0.404. The molecule has 2 aliphatic heterocycles. The average Bonchev–Trinajstić information content (AvgIpc) is 2.57. The van der Waals surface area contributed by atoms with Crippen molar-refractivity contribution in [1.29, 1.82) is 0 Å². The molecular weight excluding hydrogens is 391 g/mol. The molecule has 0 saturated carbocycles. The molecule has 0 radical (unpaired) electrons. The van der Waals surface area contributed by atoms with E-state index in [2.05, 4.69) is 22.8 Å². The number of hydrogen-bond donors (Lipinski definition) is 4. The van der Waals surface area contributed by atoms with Crippen molar-refractivity contribution in [2.45, 2.75) is 90.6 Å². The minimum Gasteiger partial charge on any atom is -0.662 e. The van der Waals surface area contributed by atoms with Crippen molar-refractivity contribution in [2.24, 2.45) is 0 Å². The second-order valence-corrected chi connectivity index (χ2v) is 6.99. The Morgan fingerprint density at radius 1 is 0.667 bits per heavy atom. The standard InChI is InChI=1S/C5H10N.C5H8N.2C5H12O2.Ni/c2*1-2-4-6-5-3-1;2*1-4(6)3-5(2)7;/h1-5H2;1-2H,3-5H2;2*4-7H,3H2,1-2H3;/q2*-1;;;+2. The van der Waals surface area contributed by atoms with Crippen LogP contribution in [-0.4, -0.2) is 71.0 Å². The van der Waals surface area contributed by atoms with Gasteiger partial charge in [0, 0.05) is 0 Å². The fourth-order valence-corrected chi connectivity index (χ4v) is 2.25. The van der Waals surface area contributed by atoms with Gasteiger partial charge in [-0.1, -0.05) is 31.8 Å². The largest absolute Gasteiger partial charge is 2.00 e. The summed E-state index contributed by atoms with van der Waals surface area (Å²) < 4.78 is 0. The molecule has 0 aromatic rings. The van der Waals surface area contributed by atoms with Crippen molar-refractivity contribution in [3.63, 3.8) is 0 Å². The van der Waals surface area contributed by atoms with Crippen LogP contribution >= 0.6 is 0 Å². The molecule has 1 fully saturated rings. The van der Waals surface area contributed by atoms with Crippen molar-refractivity contribution in [2.75, 3.05) is 26.2 Å². The number of piperidine rings is 1. The Kier molecular flexibility index (Phi) is 28.2. The molecule has 166 valence electrons. The molecule has 0 aliphatic carbocycles. The molecule has 2 aliphatic rings. The van der Waals surface area contributed by atoms with E-state index in [9.17, 15) is 0 Å². The van der Waals surface area contributed by atoms with Crippen LogP contribution in [0.15, 0.2) is 12.2 Å². The van der Waals surface area contributed by atoms with Crippen LogP contribution < -0.4 is 0 Å². The van der Waals surface area contributed by atoms with Gasteiger partial charge in [-0.25, -0.2) is 0 Å². The van der Waals surface area contributed by atoms with Gasteiger partial charge in [0.2, 0.25) is 0 Å². The van der Waals surface area contributed by atoms with Crippen LogP contribution in [0.3, 0.4) is 0 Å². The van der Waals surface area contributed by atoms with Gasteiger partial charge >= 0.3 is 16.5 Å². The number of hydrogen-bond acceptors (Lipinski definition) is 4. The monoisotopic (exact) mass is 432 g/mol. The molecule has 0 amide bonds. The Labute approximate surface area is 176 Å². The first-order chi connectivity index (χ1) is 12.3. The third-order valence-electron chi connectivity index (χ3n) is 3.35. The van der Waals surface area contributed by atoms with E-state index in [1.54, 1.807) is 27.7 Å². The molecule has 1 saturated heterocycles. The first-order valence-corrected chi connectivity index (χ1v) is 9.89. The van der Waals surface area contributed by atoms with Crippen LogP contribution in [0, 0.1) is 0 Å². The summed E-state index contributed by atoms with van der Waals surface area (Å²) in [5.41, 5.74) is 0. The first kappa shape index (κ1) is 31.7. The zero-order valence-electron chi connectivity index (χ0n) is 17.5. The van der Waals surface area contributed by atoms with E-state index < -0.39 is 0 Å². The minimum atomic E-state index is -0.375. The first-order valence-electron chi connectivity index (χ1n) is 9.89. The maximum absolute atomic E-state index is 8.56. The number of nitrogens with zero attached hydrogens (tertiary/aromatic N) is 2. The molecule has 4 unspecified atom stereocenters. The zero-order chi connectivity index (χ0) is 20.2. The minimum absolute atomic E-state index is 0. The van der Waals surface area contributed by atoms with Crippen molar-refractivity contribution in [1.82, 2.24) is 0 Å². The van der Waals surface area contributed by atoms with E-state index in [0.717, 1.165) is 32.6 Å². The smallest absolute Gasteiger partial charge is 0.662 e. The fraction of sp³-hybridized carbons (Fsp3) is 0.900. The van der Waals surface area contributed by atoms with Gasteiger partial charge in [-0.3, -0.25) is 0 Å². The molecule has 2 heterocycles. The predicted octanol–water partition coefficient (Wildman–Crippen LogP) is 3.14. The van der Waals surface area contributed by atoms with Gasteiger partial charge in [-0.05, 0) is 40.5 Å². The molecule has 0 spiro atoms. The number of aliphatic hydroxyl groups is 4. The van der Waals surface area contributed by atoms with E-state index >= 15 is 0 Å². The van der Waals surface area contributed by atoms with Crippen LogP contribution in [0.4, 0.5) is 0 Å². The van der Waals surface area contributed by atoms with Crippen LogP contribution in [0.25, 0.3) is 10.6 Å². The molecule has 27 heavy (non-hydrogen) atoms. The normalized spacial score (nSPS) is 19.9. The van der Waals surface area contributed by atoms with Crippen LogP contribution in [0.1, 0.15) is 66.2 Å². The van der Waals surface area contributed by atoms with Crippen LogP contribution in [0.2, 0.25) is 0 Å². The zero-order valence-corrected chi connectivity index (χ0v) is 18.5. The van der Waals surface area contributed by atoms with Gasteiger partial charge in [0.05, 0.1) is 24.4 Å². The molecule has 2 rings (SSSR count). The molecule has 7 heteroatoms. The molecule has 0 aromatic heterocycles. The Morgan fingerprint density at radius 3 is 1.19 bits per heavy atom. The third kappa shape index (κ3) is 37.4. The Hall–Kier alpha value is -0.00649. The number of rotatable bonds is 4. The second kappa shape index (κ2) is 24.0. The summed E-state index contributed by atoms with van der Waals surface area (Å²) in [7, 11) is 0. The van der Waals surface area contributed by atoms with Gasteiger partial charge < -0.3 is 31.1 Å². The summed E-state index contributed by atoms with van der Waals surface area (Å²) in [5.74, 6) is 0. The van der Waals surface area contributed by atoms with E-state index in [0.29, 0.717) is 12.8 Å². The summed E-state index contributed by atoms with van der Waals surface area (Å²) in [5, 5.41) is 42.5. The van der Waals surface area contributed by atoms with E-state index in [4.69, 9.17) is 20.4 Å². The summed E-state index contributed by atoms with van der Waals surface area (Å²) in [6, 6.07) is 0. The van der Waals surface area contributed by atoms with Gasteiger partial charge in [0.25, 0.3) is 0 Å². The van der Waals surface area contributed by atoms with Gasteiger partial charge in [0.15, 0.2) is 0 Å². The van der Waals surface area contributed by atoms with Crippen molar-refractivity contribution < 1.29 is 36.9 Å². The average molecular weight is 433 g/mol. The molecular formula is C20H42N2NiO4. The summed E-state index contributed by atoms with van der Waals surface area (Å²) in [4.78, 5) is 0. The molecule has 0 bridgehead atoms. The van der Waals surface area contributed by atoms with Gasteiger partial charge in [0.1, 0.15) is 0 Å². The molecule has 4 N–H and O–H groups in total. The Balaban J connectivity index is -0.000000281. The maximum atomic E-state index is 8.56. The molecule has 4 atom stereocenters. The third-order valence-corrected chi connectivity index (χ3v) is 3.35. The van der Waals surface area contributed by atoms with Gasteiger partial charge in [-0.2, -0.15) is 0 Å². The molecule has 0 aromatic carbocycles. The van der Waals surface area contributed by atoms with Crippen LogP contribution in [0.5, 0.6) is 0 Å². The summed E-state index contributed by atoms with van der Waals surface area (Å²) >= 11 is 0.